The van der Waals surface area contributed by atoms with Crippen LogP contribution < -0.4 is 0 Å². The van der Waals surface area contributed by atoms with Gasteiger partial charge in [-0.3, -0.25) is 10.1 Å². The minimum absolute atomic E-state index is 0.0717. The van der Waals surface area contributed by atoms with Crippen molar-refractivity contribution in [3.8, 4) is 5.69 Å². The maximum absolute atomic E-state index is 12.3. The van der Waals surface area contributed by atoms with Crippen LogP contribution in [0.15, 0.2) is 54.6 Å². The molecule has 0 saturated heterocycles. The minimum Gasteiger partial charge on any atom is -0.456 e. The number of hydrogen-bond donors (Lipinski definition) is 0. The fourth-order valence-corrected chi connectivity index (χ4v) is 2.27. The number of nitro groups is 1. The second-order valence-corrected chi connectivity index (χ2v) is 5.22. The molecule has 0 spiro atoms. The third-order valence-corrected chi connectivity index (χ3v) is 3.51. The molecule has 8 nitrogen and oxygen atoms in total. The van der Waals surface area contributed by atoms with E-state index in [0.717, 1.165) is 0 Å². The largest absolute Gasteiger partial charge is 0.456 e. The lowest BCUT2D eigenvalue weighted by Crippen LogP contribution is -2.09. The van der Waals surface area contributed by atoms with Gasteiger partial charge in [0.1, 0.15) is 6.61 Å². The number of nitro benzene ring substituents is 1. The Morgan fingerprint density at radius 1 is 1.12 bits per heavy atom. The molecule has 0 aliphatic heterocycles. The van der Waals surface area contributed by atoms with Crippen molar-refractivity contribution in [3.63, 3.8) is 0 Å². The number of aromatic nitrogens is 3. The van der Waals surface area contributed by atoms with Crippen molar-refractivity contribution in [2.75, 3.05) is 0 Å². The summed E-state index contributed by atoms with van der Waals surface area (Å²) in [5.41, 5.74) is 1.41. The zero-order chi connectivity index (χ0) is 17.8. The van der Waals surface area contributed by atoms with Gasteiger partial charge in [0.2, 0.25) is 0 Å². The summed E-state index contributed by atoms with van der Waals surface area (Å²) in [5, 5.41) is 19.3. The van der Waals surface area contributed by atoms with Crippen LogP contribution in [0.5, 0.6) is 0 Å². The molecule has 0 radical (unpaired) electrons. The van der Waals surface area contributed by atoms with Gasteiger partial charge in [-0.25, -0.2) is 4.79 Å². The van der Waals surface area contributed by atoms with E-state index in [9.17, 15) is 14.9 Å². The molecule has 0 aliphatic carbocycles. The van der Waals surface area contributed by atoms with E-state index in [0.29, 0.717) is 16.9 Å². The Bertz CT molecular complexity index is 921. The lowest BCUT2D eigenvalue weighted by molar-refractivity contribution is -0.385. The third kappa shape index (κ3) is 3.52. The maximum atomic E-state index is 12.3. The van der Waals surface area contributed by atoms with Crippen molar-refractivity contribution in [1.29, 1.82) is 0 Å². The molecule has 3 rings (SSSR count). The quantitative estimate of drug-likeness (QED) is 0.403. The first-order valence-corrected chi connectivity index (χ1v) is 7.45. The van der Waals surface area contributed by atoms with E-state index in [4.69, 9.17) is 4.74 Å². The van der Waals surface area contributed by atoms with Gasteiger partial charge in [0.05, 0.1) is 21.9 Å². The average Bonchev–Trinajstić information content (AvgIpc) is 3.02. The fraction of sp³-hybridized carbons (Fsp3) is 0.118. The number of ether oxygens (including phenoxy) is 1. The molecule has 25 heavy (non-hydrogen) atoms. The van der Waals surface area contributed by atoms with Gasteiger partial charge in [0, 0.05) is 6.07 Å². The Hall–Kier alpha value is -3.55. The van der Waals surface area contributed by atoms with Crippen LogP contribution in [-0.4, -0.2) is 25.9 Å². The van der Waals surface area contributed by atoms with Crippen molar-refractivity contribution >= 4 is 11.7 Å². The summed E-state index contributed by atoms with van der Waals surface area (Å²) < 4.78 is 5.18. The summed E-state index contributed by atoms with van der Waals surface area (Å²) in [5.74, 6) is -0.683. The molecule has 0 amide bonds. The van der Waals surface area contributed by atoms with Gasteiger partial charge in [-0.1, -0.05) is 30.3 Å². The summed E-state index contributed by atoms with van der Waals surface area (Å²) in [6, 6.07) is 15.2. The zero-order valence-electron chi connectivity index (χ0n) is 13.3. The Kier molecular flexibility index (Phi) is 4.51. The van der Waals surface area contributed by atoms with Crippen LogP contribution in [-0.2, 0) is 11.3 Å². The van der Waals surface area contributed by atoms with Crippen LogP contribution >= 0.6 is 0 Å². The molecule has 0 fully saturated rings. The molecule has 0 unspecified atom stereocenters. The van der Waals surface area contributed by atoms with Crippen LogP contribution in [0.2, 0.25) is 0 Å². The van der Waals surface area contributed by atoms with Gasteiger partial charge >= 0.3 is 5.97 Å². The normalized spacial score (nSPS) is 10.4. The number of para-hydroxylation sites is 2. The van der Waals surface area contributed by atoms with Gasteiger partial charge in [0.25, 0.3) is 5.69 Å². The van der Waals surface area contributed by atoms with Crippen molar-refractivity contribution < 1.29 is 14.5 Å². The lowest BCUT2D eigenvalue weighted by atomic mass is 10.2. The molecule has 0 N–H and O–H groups in total. The van der Waals surface area contributed by atoms with E-state index < -0.39 is 10.9 Å². The second-order valence-electron chi connectivity index (χ2n) is 5.22. The number of hydrogen-bond acceptors (Lipinski definition) is 6. The highest BCUT2D eigenvalue weighted by atomic mass is 16.6. The number of benzene rings is 2. The monoisotopic (exact) mass is 338 g/mol. The van der Waals surface area contributed by atoms with Gasteiger partial charge in [-0.05, 0) is 25.1 Å². The van der Waals surface area contributed by atoms with Crippen molar-refractivity contribution in [2.24, 2.45) is 0 Å². The number of nitrogens with zero attached hydrogens (tertiary/aromatic N) is 4. The summed E-state index contributed by atoms with van der Waals surface area (Å²) in [6.45, 7) is 1.43. The molecule has 126 valence electrons. The number of aryl methyl sites for hydroxylation is 1. The van der Waals surface area contributed by atoms with Crippen molar-refractivity contribution in [1.82, 2.24) is 15.0 Å². The van der Waals surface area contributed by atoms with Gasteiger partial charge in [-0.15, -0.1) is 5.10 Å². The highest BCUT2D eigenvalue weighted by molar-refractivity contribution is 5.88. The molecule has 0 saturated carbocycles. The molecule has 3 aromatic rings. The Balaban J connectivity index is 1.77. The van der Waals surface area contributed by atoms with Crippen molar-refractivity contribution in [3.05, 3.63) is 81.7 Å². The summed E-state index contributed by atoms with van der Waals surface area (Å²) in [7, 11) is 0. The predicted octanol–water partition coefficient (Wildman–Crippen LogP) is 2.84. The van der Waals surface area contributed by atoms with Crippen LogP contribution in [0.4, 0.5) is 5.69 Å². The summed E-state index contributed by atoms with van der Waals surface area (Å²) >= 11 is 0. The standard InChI is InChI=1S/C17H14N4O4/c1-12-16(19-20(18-12)14-8-3-2-4-9-14)17(22)25-11-13-7-5-6-10-15(13)21(23)24/h2-10H,11H2,1H3. The van der Waals surface area contributed by atoms with E-state index in [1.54, 1.807) is 25.1 Å². The molecule has 1 aromatic heterocycles. The highest BCUT2D eigenvalue weighted by Gasteiger charge is 2.20. The maximum Gasteiger partial charge on any atom is 0.361 e. The molecule has 1 heterocycles. The molecule has 0 atom stereocenters. The highest BCUT2D eigenvalue weighted by Crippen LogP contribution is 2.19. The summed E-state index contributed by atoms with van der Waals surface area (Å²) in [6.07, 6.45) is 0. The van der Waals surface area contributed by atoms with E-state index in [2.05, 4.69) is 10.2 Å². The smallest absolute Gasteiger partial charge is 0.361 e. The van der Waals surface area contributed by atoms with Crippen LogP contribution in [0.25, 0.3) is 5.69 Å². The zero-order valence-corrected chi connectivity index (χ0v) is 13.3. The predicted molar refractivity (Wildman–Crippen MR) is 88.3 cm³/mol. The van der Waals surface area contributed by atoms with Crippen LogP contribution in [0.3, 0.4) is 0 Å². The second kappa shape index (κ2) is 6.91. The fourth-order valence-electron chi connectivity index (χ4n) is 2.27. The van der Waals surface area contributed by atoms with Gasteiger partial charge in [0.15, 0.2) is 5.69 Å². The SMILES string of the molecule is Cc1nn(-c2ccccc2)nc1C(=O)OCc1ccccc1[N+](=O)[O-]. The molecule has 0 bridgehead atoms. The van der Waals surface area contributed by atoms with E-state index >= 15 is 0 Å². The number of carbonyl (C=O) groups is 1. The van der Waals surface area contributed by atoms with E-state index in [1.165, 1.54) is 10.9 Å². The Morgan fingerprint density at radius 3 is 2.52 bits per heavy atom. The topological polar surface area (TPSA) is 100 Å². The Labute approximate surface area is 142 Å². The molecular weight excluding hydrogens is 324 g/mol. The van der Waals surface area contributed by atoms with E-state index in [1.807, 2.05) is 30.3 Å². The Morgan fingerprint density at radius 2 is 1.80 bits per heavy atom. The molecule has 2 aromatic carbocycles. The average molecular weight is 338 g/mol. The summed E-state index contributed by atoms with van der Waals surface area (Å²) in [4.78, 5) is 24.1. The first kappa shape index (κ1) is 16.3. The van der Waals surface area contributed by atoms with E-state index in [-0.39, 0.29) is 18.0 Å². The van der Waals surface area contributed by atoms with Gasteiger partial charge < -0.3 is 4.74 Å². The number of esters is 1. The first-order valence-electron chi connectivity index (χ1n) is 7.45. The van der Waals surface area contributed by atoms with Crippen LogP contribution in [0.1, 0.15) is 21.7 Å². The molecule has 8 heteroatoms. The molecule has 0 aliphatic rings. The molecular formula is C17H14N4O4. The van der Waals surface area contributed by atoms with Crippen LogP contribution in [0, 0.1) is 17.0 Å². The number of rotatable bonds is 5. The minimum atomic E-state index is -0.683. The lowest BCUT2D eigenvalue weighted by Gasteiger charge is -2.04. The first-order chi connectivity index (χ1) is 12.1. The third-order valence-electron chi connectivity index (χ3n) is 3.51. The number of carbonyl (C=O) groups excluding carboxylic acids is 1. The van der Waals surface area contributed by atoms with Gasteiger partial charge in [-0.2, -0.15) is 9.90 Å². The van der Waals surface area contributed by atoms with Crippen molar-refractivity contribution in [2.45, 2.75) is 13.5 Å².